The van der Waals surface area contributed by atoms with Gasteiger partial charge in [0.25, 0.3) is 0 Å². The standard InChI is InChI=1S/C13H10F2S/c14-11-6-4-10(5-7-11)9-16-13-3-1-2-12(15)8-13/h1-8H,9H2. The third kappa shape index (κ3) is 3.07. The number of thioether (sulfide) groups is 1. The van der Waals surface area contributed by atoms with Gasteiger partial charge in [0.1, 0.15) is 11.6 Å². The molecule has 0 saturated carbocycles. The van der Waals surface area contributed by atoms with Crippen LogP contribution in [0.1, 0.15) is 5.56 Å². The van der Waals surface area contributed by atoms with Gasteiger partial charge in [-0.2, -0.15) is 0 Å². The summed E-state index contributed by atoms with van der Waals surface area (Å²) in [5.74, 6) is 0.243. The van der Waals surface area contributed by atoms with Crippen LogP contribution in [0.3, 0.4) is 0 Å². The van der Waals surface area contributed by atoms with Crippen molar-refractivity contribution in [2.45, 2.75) is 10.6 Å². The molecule has 0 aliphatic carbocycles. The molecule has 0 aliphatic heterocycles. The first-order valence-corrected chi connectivity index (χ1v) is 5.85. The van der Waals surface area contributed by atoms with Gasteiger partial charge in [-0.25, -0.2) is 8.78 Å². The molecule has 2 aromatic rings. The van der Waals surface area contributed by atoms with E-state index in [2.05, 4.69) is 0 Å². The van der Waals surface area contributed by atoms with Crippen molar-refractivity contribution in [3.05, 3.63) is 65.7 Å². The second-order valence-corrected chi connectivity index (χ2v) is 4.42. The number of hydrogen-bond acceptors (Lipinski definition) is 1. The molecule has 0 atom stereocenters. The van der Waals surface area contributed by atoms with Crippen molar-refractivity contribution in [2.75, 3.05) is 0 Å². The maximum Gasteiger partial charge on any atom is 0.124 e. The fourth-order valence-electron chi connectivity index (χ4n) is 1.30. The maximum absolute atomic E-state index is 12.9. The molecule has 0 N–H and O–H groups in total. The zero-order valence-corrected chi connectivity index (χ0v) is 9.31. The SMILES string of the molecule is Fc1ccc(CSc2cccc(F)c2)cc1. The van der Waals surface area contributed by atoms with Gasteiger partial charge in [0.05, 0.1) is 0 Å². The molecule has 0 aromatic heterocycles. The number of halogens is 2. The van der Waals surface area contributed by atoms with Crippen molar-refractivity contribution in [1.82, 2.24) is 0 Å². The molecule has 0 heterocycles. The molecule has 82 valence electrons. The largest absolute Gasteiger partial charge is 0.207 e. The zero-order valence-electron chi connectivity index (χ0n) is 8.49. The average Bonchev–Trinajstić information content (AvgIpc) is 2.28. The quantitative estimate of drug-likeness (QED) is 0.718. The Morgan fingerprint density at radius 2 is 1.62 bits per heavy atom. The molecular weight excluding hydrogens is 226 g/mol. The van der Waals surface area contributed by atoms with E-state index in [9.17, 15) is 8.78 Å². The van der Waals surface area contributed by atoms with E-state index in [0.717, 1.165) is 10.5 Å². The first kappa shape index (κ1) is 11.1. The molecule has 0 unspecified atom stereocenters. The predicted molar refractivity (Wildman–Crippen MR) is 62.4 cm³/mol. The van der Waals surface area contributed by atoms with Crippen LogP contribution in [-0.2, 0) is 5.75 Å². The highest BCUT2D eigenvalue weighted by molar-refractivity contribution is 7.98. The molecule has 0 nitrogen and oxygen atoms in total. The molecule has 0 amide bonds. The van der Waals surface area contributed by atoms with E-state index in [1.165, 1.54) is 36.0 Å². The fraction of sp³-hybridized carbons (Fsp3) is 0.0769. The number of benzene rings is 2. The zero-order chi connectivity index (χ0) is 11.4. The second-order valence-electron chi connectivity index (χ2n) is 3.37. The summed E-state index contributed by atoms with van der Waals surface area (Å²) in [6.07, 6.45) is 0. The lowest BCUT2D eigenvalue weighted by Gasteiger charge is -2.02. The molecular formula is C13H10F2S. The summed E-state index contributed by atoms with van der Waals surface area (Å²) in [7, 11) is 0. The number of hydrogen-bond donors (Lipinski definition) is 0. The van der Waals surface area contributed by atoms with Crippen molar-refractivity contribution < 1.29 is 8.78 Å². The van der Waals surface area contributed by atoms with Crippen molar-refractivity contribution >= 4 is 11.8 Å². The summed E-state index contributed by atoms with van der Waals surface area (Å²) in [6.45, 7) is 0. The van der Waals surface area contributed by atoms with Gasteiger partial charge in [-0.05, 0) is 35.9 Å². The van der Waals surface area contributed by atoms with E-state index >= 15 is 0 Å². The van der Waals surface area contributed by atoms with Crippen LogP contribution in [0, 0.1) is 11.6 Å². The summed E-state index contributed by atoms with van der Waals surface area (Å²) in [4.78, 5) is 0.879. The lowest BCUT2D eigenvalue weighted by atomic mass is 10.2. The molecule has 0 spiro atoms. The van der Waals surface area contributed by atoms with Crippen molar-refractivity contribution in [2.24, 2.45) is 0 Å². The van der Waals surface area contributed by atoms with Gasteiger partial charge in [-0.1, -0.05) is 18.2 Å². The highest BCUT2D eigenvalue weighted by atomic mass is 32.2. The van der Waals surface area contributed by atoms with E-state index in [-0.39, 0.29) is 11.6 Å². The van der Waals surface area contributed by atoms with Gasteiger partial charge >= 0.3 is 0 Å². The van der Waals surface area contributed by atoms with Crippen molar-refractivity contribution in [3.63, 3.8) is 0 Å². The van der Waals surface area contributed by atoms with E-state index in [0.29, 0.717) is 5.75 Å². The molecule has 2 rings (SSSR count). The van der Waals surface area contributed by atoms with E-state index in [1.54, 1.807) is 18.2 Å². The minimum Gasteiger partial charge on any atom is -0.207 e. The van der Waals surface area contributed by atoms with Crippen LogP contribution in [-0.4, -0.2) is 0 Å². The van der Waals surface area contributed by atoms with Gasteiger partial charge in [0, 0.05) is 10.6 Å². The molecule has 3 heteroatoms. The van der Waals surface area contributed by atoms with Crippen LogP contribution < -0.4 is 0 Å². The first-order valence-electron chi connectivity index (χ1n) is 4.87. The third-order valence-electron chi connectivity index (χ3n) is 2.11. The monoisotopic (exact) mass is 236 g/mol. The second kappa shape index (κ2) is 5.12. The summed E-state index contributed by atoms with van der Waals surface area (Å²) in [5, 5.41) is 0. The maximum atomic E-state index is 12.9. The molecule has 16 heavy (non-hydrogen) atoms. The van der Waals surface area contributed by atoms with Gasteiger partial charge in [-0.3, -0.25) is 0 Å². The topological polar surface area (TPSA) is 0 Å². The number of rotatable bonds is 3. The van der Waals surface area contributed by atoms with Crippen LogP contribution in [0.15, 0.2) is 53.4 Å². The first-order chi connectivity index (χ1) is 7.74. The lowest BCUT2D eigenvalue weighted by Crippen LogP contribution is -1.82. The average molecular weight is 236 g/mol. The minimum atomic E-state index is -0.237. The van der Waals surface area contributed by atoms with Crippen LogP contribution in [0.2, 0.25) is 0 Å². The van der Waals surface area contributed by atoms with Gasteiger partial charge < -0.3 is 0 Å². The van der Waals surface area contributed by atoms with Crippen molar-refractivity contribution in [3.8, 4) is 0 Å². The van der Waals surface area contributed by atoms with Gasteiger partial charge in [-0.15, -0.1) is 11.8 Å². The lowest BCUT2D eigenvalue weighted by molar-refractivity contribution is 0.624. The summed E-state index contributed by atoms with van der Waals surface area (Å²) < 4.78 is 25.5. The Kier molecular flexibility index (Phi) is 3.57. The summed E-state index contributed by atoms with van der Waals surface area (Å²) in [5.41, 5.74) is 1.02. The molecule has 2 aromatic carbocycles. The van der Waals surface area contributed by atoms with Gasteiger partial charge in [0.15, 0.2) is 0 Å². The Morgan fingerprint density at radius 3 is 2.31 bits per heavy atom. The molecule has 0 radical (unpaired) electrons. The van der Waals surface area contributed by atoms with E-state index < -0.39 is 0 Å². The Hall–Kier alpha value is -1.35. The van der Waals surface area contributed by atoms with Gasteiger partial charge in [0.2, 0.25) is 0 Å². The molecule has 0 bridgehead atoms. The normalized spacial score (nSPS) is 10.4. The Balaban J connectivity index is 1.99. The van der Waals surface area contributed by atoms with E-state index in [1.807, 2.05) is 6.07 Å². The Morgan fingerprint density at radius 1 is 0.875 bits per heavy atom. The molecule has 0 aliphatic rings. The smallest absolute Gasteiger partial charge is 0.124 e. The van der Waals surface area contributed by atoms with Crippen molar-refractivity contribution in [1.29, 1.82) is 0 Å². The van der Waals surface area contributed by atoms with Crippen LogP contribution in [0.4, 0.5) is 8.78 Å². The third-order valence-corrected chi connectivity index (χ3v) is 3.18. The minimum absolute atomic E-state index is 0.232. The Bertz CT molecular complexity index is 466. The molecule has 0 fully saturated rings. The fourth-order valence-corrected chi connectivity index (χ4v) is 2.20. The highest BCUT2D eigenvalue weighted by Crippen LogP contribution is 2.23. The van der Waals surface area contributed by atoms with E-state index in [4.69, 9.17) is 0 Å². The summed E-state index contributed by atoms with van der Waals surface area (Å²) >= 11 is 1.53. The van der Waals surface area contributed by atoms with Crippen LogP contribution >= 0.6 is 11.8 Å². The van der Waals surface area contributed by atoms with Crippen LogP contribution in [0.5, 0.6) is 0 Å². The predicted octanol–water partition coefficient (Wildman–Crippen LogP) is 4.26. The van der Waals surface area contributed by atoms with Crippen LogP contribution in [0.25, 0.3) is 0 Å². The summed E-state index contributed by atoms with van der Waals surface area (Å²) in [6, 6.07) is 12.8. The Labute approximate surface area is 97.3 Å². The highest BCUT2D eigenvalue weighted by Gasteiger charge is 1.98. The molecule has 0 saturated heterocycles.